The third kappa shape index (κ3) is 1.63. The van der Waals surface area contributed by atoms with Gasteiger partial charge in [0.1, 0.15) is 0 Å². The predicted octanol–water partition coefficient (Wildman–Crippen LogP) is 1.59. The summed E-state index contributed by atoms with van der Waals surface area (Å²) < 4.78 is 1.92. The first-order valence-corrected chi connectivity index (χ1v) is 5.18. The topological polar surface area (TPSA) is 56.7 Å². The third-order valence-electron chi connectivity index (χ3n) is 2.06. The minimum atomic E-state index is 0.551. The van der Waals surface area contributed by atoms with Crippen molar-refractivity contribution >= 4 is 17.3 Å². The molecule has 0 saturated carbocycles. The SMILES string of the molecule is Cc1nc(C)c(Cn2ccnc2N)s1. The Labute approximate surface area is 86.4 Å². The molecule has 0 aliphatic heterocycles. The summed E-state index contributed by atoms with van der Waals surface area (Å²) in [7, 11) is 0. The average molecular weight is 208 g/mol. The Balaban J connectivity index is 2.27. The predicted molar refractivity (Wildman–Crippen MR) is 57.3 cm³/mol. The lowest BCUT2D eigenvalue weighted by Gasteiger charge is -2.01. The van der Waals surface area contributed by atoms with Crippen molar-refractivity contribution < 1.29 is 0 Å². The molecule has 2 aromatic heterocycles. The smallest absolute Gasteiger partial charge is 0.200 e. The van der Waals surface area contributed by atoms with Crippen molar-refractivity contribution in [3.8, 4) is 0 Å². The van der Waals surface area contributed by atoms with E-state index in [2.05, 4.69) is 9.97 Å². The quantitative estimate of drug-likeness (QED) is 0.815. The molecule has 4 nitrogen and oxygen atoms in total. The average Bonchev–Trinajstić information content (AvgIpc) is 2.62. The van der Waals surface area contributed by atoms with Crippen LogP contribution in [-0.2, 0) is 6.54 Å². The van der Waals surface area contributed by atoms with E-state index in [9.17, 15) is 0 Å². The Bertz CT molecular complexity index is 443. The van der Waals surface area contributed by atoms with E-state index in [-0.39, 0.29) is 0 Å². The van der Waals surface area contributed by atoms with E-state index in [1.54, 1.807) is 17.5 Å². The highest BCUT2D eigenvalue weighted by molar-refractivity contribution is 7.11. The minimum absolute atomic E-state index is 0.551. The van der Waals surface area contributed by atoms with Crippen LogP contribution in [0.1, 0.15) is 15.6 Å². The Kier molecular flexibility index (Phi) is 2.25. The molecule has 0 bridgehead atoms. The molecule has 0 unspecified atom stereocenters. The van der Waals surface area contributed by atoms with Gasteiger partial charge in [0.25, 0.3) is 0 Å². The van der Waals surface area contributed by atoms with Gasteiger partial charge in [-0.1, -0.05) is 0 Å². The van der Waals surface area contributed by atoms with Crippen LogP contribution in [0.4, 0.5) is 5.95 Å². The van der Waals surface area contributed by atoms with Crippen molar-refractivity contribution in [2.75, 3.05) is 5.73 Å². The number of hydrogen-bond acceptors (Lipinski definition) is 4. The van der Waals surface area contributed by atoms with Crippen molar-refractivity contribution in [2.24, 2.45) is 0 Å². The van der Waals surface area contributed by atoms with Crippen molar-refractivity contribution in [2.45, 2.75) is 20.4 Å². The zero-order valence-electron chi connectivity index (χ0n) is 8.19. The van der Waals surface area contributed by atoms with Crippen LogP contribution in [0.3, 0.4) is 0 Å². The maximum atomic E-state index is 5.68. The second kappa shape index (κ2) is 3.42. The first kappa shape index (κ1) is 9.21. The molecular formula is C9H12N4S. The summed E-state index contributed by atoms with van der Waals surface area (Å²) in [4.78, 5) is 9.58. The highest BCUT2D eigenvalue weighted by atomic mass is 32.1. The van der Waals surface area contributed by atoms with E-state index in [1.165, 1.54) is 4.88 Å². The summed E-state index contributed by atoms with van der Waals surface area (Å²) in [6, 6.07) is 0. The van der Waals surface area contributed by atoms with E-state index in [0.29, 0.717) is 5.95 Å². The number of anilines is 1. The van der Waals surface area contributed by atoms with Crippen LogP contribution in [0.2, 0.25) is 0 Å². The molecule has 0 amide bonds. The molecule has 0 spiro atoms. The lowest BCUT2D eigenvalue weighted by atomic mass is 10.4. The molecule has 2 N–H and O–H groups in total. The summed E-state index contributed by atoms with van der Waals surface area (Å²) >= 11 is 1.71. The Hall–Kier alpha value is -1.36. The highest BCUT2D eigenvalue weighted by Gasteiger charge is 2.06. The second-order valence-corrected chi connectivity index (χ2v) is 4.44. The second-order valence-electron chi connectivity index (χ2n) is 3.15. The first-order chi connectivity index (χ1) is 6.66. The molecule has 14 heavy (non-hydrogen) atoms. The van der Waals surface area contributed by atoms with Gasteiger partial charge in [-0.25, -0.2) is 9.97 Å². The number of aromatic nitrogens is 3. The van der Waals surface area contributed by atoms with Crippen molar-refractivity contribution in [3.63, 3.8) is 0 Å². The Morgan fingerprint density at radius 1 is 1.50 bits per heavy atom. The first-order valence-electron chi connectivity index (χ1n) is 4.36. The van der Waals surface area contributed by atoms with Gasteiger partial charge >= 0.3 is 0 Å². The van der Waals surface area contributed by atoms with Crippen LogP contribution in [0.5, 0.6) is 0 Å². The lowest BCUT2D eigenvalue weighted by molar-refractivity contribution is 0.815. The van der Waals surface area contributed by atoms with E-state index >= 15 is 0 Å². The maximum absolute atomic E-state index is 5.68. The van der Waals surface area contributed by atoms with Crippen molar-refractivity contribution in [1.29, 1.82) is 0 Å². The molecule has 2 rings (SSSR count). The molecule has 0 atom stereocenters. The summed E-state index contributed by atoms with van der Waals surface area (Å²) in [5, 5.41) is 1.09. The minimum Gasteiger partial charge on any atom is -0.369 e. The fourth-order valence-corrected chi connectivity index (χ4v) is 2.29. The number of thiazole rings is 1. The van der Waals surface area contributed by atoms with Gasteiger partial charge in [-0.05, 0) is 13.8 Å². The number of nitrogens with zero attached hydrogens (tertiary/aromatic N) is 3. The molecule has 0 fully saturated rings. The summed E-state index contributed by atoms with van der Waals surface area (Å²) in [6.07, 6.45) is 3.59. The number of hydrogen-bond donors (Lipinski definition) is 1. The molecule has 0 aliphatic carbocycles. The van der Waals surface area contributed by atoms with Gasteiger partial charge in [-0.3, -0.25) is 0 Å². The van der Waals surface area contributed by atoms with Gasteiger partial charge < -0.3 is 10.3 Å². The highest BCUT2D eigenvalue weighted by Crippen LogP contribution is 2.19. The number of imidazole rings is 1. The van der Waals surface area contributed by atoms with Crippen LogP contribution < -0.4 is 5.73 Å². The zero-order chi connectivity index (χ0) is 10.1. The summed E-state index contributed by atoms with van der Waals surface area (Å²) in [5.41, 5.74) is 6.77. The normalized spacial score (nSPS) is 10.7. The monoisotopic (exact) mass is 208 g/mol. The standard InChI is InChI=1S/C9H12N4S/c1-6-8(14-7(2)12-6)5-13-4-3-11-9(13)10/h3-4H,5H2,1-2H3,(H2,10,11). The molecular weight excluding hydrogens is 196 g/mol. The van der Waals surface area contributed by atoms with Crippen LogP contribution in [0, 0.1) is 13.8 Å². The van der Waals surface area contributed by atoms with Gasteiger partial charge in [0.2, 0.25) is 0 Å². The Morgan fingerprint density at radius 2 is 2.29 bits per heavy atom. The van der Waals surface area contributed by atoms with Crippen LogP contribution in [0.15, 0.2) is 12.4 Å². The number of rotatable bonds is 2. The van der Waals surface area contributed by atoms with Gasteiger partial charge in [0.05, 0.1) is 17.2 Å². The summed E-state index contributed by atoms with van der Waals surface area (Å²) in [5.74, 6) is 0.551. The molecule has 74 valence electrons. The number of nitrogen functional groups attached to an aromatic ring is 1. The molecule has 5 heteroatoms. The van der Waals surface area contributed by atoms with Crippen LogP contribution >= 0.6 is 11.3 Å². The Morgan fingerprint density at radius 3 is 2.79 bits per heavy atom. The van der Waals surface area contributed by atoms with Crippen molar-refractivity contribution in [3.05, 3.63) is 28.0 Å². The fraction of sp³-hybridized carbons (Fsp3) is 0.333. The summed E-state index contributed by atoms with van der Waals surface area (Å²) in [6.45, 7) is 4.80. The van der Waals surface area contributed by atoms with Gasteiger partial charge in [-0.15, -0.1) is 11.3 Å². The maximum Gasteiger partial charge on any atom is 0.200 e. The fourth-order valence-electron chi connectivity index (χ4n) is 1.35. The molecule has 2 heterocycles. The third-order valence-corrected chi connectivity index (χ3v) is 3.12. The van der Waals surface area contributed by atoms with E-state index < -0.39 is 0 Å². The van der Waals surface area contributed by atoms with E-state index in [1.807, 2.05) is 24.6 Å². The lowest BCUT2D eigenvalue weighted by Crippen LogP contribution is -2.03. The number of nitrogens with two attached hydrogens (primary N) is 1. The van der Waals surface area contributed by atoms with Crippen LogP contribution in [0.25, 0.3) is 0 Å². The van der Waals surface area contributed by atoms with Gasteiger partial charge in [0, 0.05) is 17.3 Å². The zero-order valence-corrected chi connectivity index (χ0v) is 9.01. The van der Waals surface area contributed by atoms with Gasteiger partial charge in [0.15, 0.2) is 5.95 Å². The molecule has 0 radical (unpaired) electrons. The van der Waals surface area contributed by atoms with E-state index in [0.717, 1.165) is 17.2 Å². The van der Waals surface area contributed by atoms with Crippen LogP contribution in [-0.4, -0.2) is 14.5 Å². The largest absolute Gasteiger partial charge is 0.369 e. The van der Waals surface area contributed by atoms with Crippen molar-refractivity contribution in [1.82, 2.24) is 14.5 Å². The molecule has 0 aromatic carbocycles. The molecule has 0 saturated heterocycles. The van der Waals surface area contributed by atoms with E-state index in [4.69, 9.17) is 5.73 Å². The van der Waals surface area contributed by atoms with Gasteiger partial charge in [-0.2, -0.15) is 0 Å². The number of aryl methyl sites for hydroxylation is 2. The molecule has 2 aromatic rings. The molecule has 0 aliphatic rings.